The Morgan fingerprint density at radius 2 is 1.70 bits per heavy atom. The molecule has 0 rings (SSSR count). The van der Waals surface area contributed by atoms with Crippen LogP contribution in [0.25, 0.3) is 0 Å². The van der Waals surface area contributed by atoms with E-state index >= 15 is 0 Å². The summed E-state index contributed by atoms with van der Waals surface area (Å²) < 4.78 is 44.3. The molecular formula is C3HF4LiO2. The third-order valence-corrected chi connectivity index (χ3v) is 0.546. The van der Waals surface area contributed by atoms with Crippen molar-refractivity contribution in [3.63, 3.8) is 0 Å². The zero-order chi connectivity index (χ0) is 7.65. The van der Waals surface area contributed by atoms with Crippen molar-refractivity contribution in [1.82, 2.24) is 0 Å². The van der Waals surface area contributed by atoms with E-state index in [0.29, 0.717) is 0 Å². The van der Waals surface area contributed by atoms with Gasteiger partial charge in [-0.05, 0) is 0 Å². The van der Waals surface area contributed by atoms with Crippen molar-refractivity contribution >= 4 is 5.97 Å². The van der Waals surface area contributed by atoms with Crippen LogP contribution in [0.5, 0.6) is 0 Å². The summed E-state index contributed by atoms with van der Waals surface area (Å²) in [6, 6.07) is 0. The average molecular weight is 152 g/mol. The van der Waals surface area contributed by atoms with Crippen molar-refractivity contribution < 1.29 is 46.3 Å². The normalized spacial score (nSPS) is 10.9. The zero-order valence-electron chi connectivity index (χ0n) is 4.91. The maximum atomic E-state index is 11.3. The number of hydrogen-bond acceptors (Lipinski definition) is 2. The third kappa shape index (κ3) is 2.58. The molecule has 7 heteroatoms. The Hall–Kier alpha value is -0.213. The number of rotatable bonds is 2. The van der Waals surface area contributed by atoms with Gasteiger partial charge in [0, 0.05) is 0 Å². The van der Waals surface area contributed by atoms with Gasteiger partial charge in [0.25, 0.3) is 0 Å². The number of alkyl halides is 4. The SMILES string of the molecule is O=C([O-])C(F)(F)C(F)F.[Li+]. The Kier molecular flexibility index (Phi) is 4.78. The summed E-state index contributed by atoms with van der Waals surface area (Å²) >= 11 is 0. The van der Waals surface area contributed by atoms with Gasteiger partial charge in [-0.2, -0.15) is 8.78 Å². The molecule has 0 aromatic rings. The monoisotopic (exact) mass is 152 g/mol. The maximum absolute atomic E-state index is 11.3. The van der Waals surface area contributed by atoms with Crippen LogP contribution < -0.4 is 24.0 Å². The van der Waals surface area contributed by atoms with Gasteiger partial charge in [-0.15, -0.1) is 0 Å². The van der Waals surface area contributed by atoms with Crippen LogP contribution in [0.15, 0.2) is 0 Å². The van der Waals surface area contributed by atoms with Crippen molar-refractivity contribution in [1.29, 1.82) is 0 Å². The molecule has 0 aliphatic rings. The smallest absolute Gasteiger partial charge is 0.544 e. The molecule has 0 heterocycles. The van der Waals surface area contributed by atoms with Crippen LogP contribution in [0.2, 0.25) is 0 Å². The first-order valence-corrected chi connectivity index (χ1v) is 1.76. The first kappa shape index (κ1) is 12.5. The number of carboxylic acid groups (broad SMARTS) is 1. The molecule has 0 spiro atoms. The van der Waals surface area contributed by atoms with Gasteiger partial charge in [-0.25, -0.2) is 8.78 Å². The van der Waals surface area contributed by atoms with Crippen molar-refractivity contribution in [2.75, 3.05) is 0 Å². The summed E-state index contributed by atoms with van der Waals surface area (Å²) in [7, 11) is 0. The van der Waals surface area contributed by atoms with Gasteiger partial charge in [-0.3, -0.25) is 0 Å². The van der Waals surface area contributed by atoms with Crippen LogP contribution in [0.1, 0.15) is 0 Å². The summed E-state index contributed by atoms with van der Waals surface area (Å²) in [6.07, 6.45) is -4.21. The van der Waals surface area contributed by atoms with E-state index < -0.39 is 18.3 Å². The third-order valence-electron chi connectivity index (χ3n) is 0.546. The predicted octanol–water partition coefficient (Wildman–Crippen LogP) is -3.36. The van der Waals surface area contributed by atoms with Crippen molar-refractivity contribution in [2.24, 2.45) is 0 Å². The second-order valence-corrected chi connectivity index (χ2v) is 1.21. The Morgan fingerprint density at radius 1 is 1.40 bits per heavy atom. The minimum atomic E-state index is -5.03. The van der Waals surface area contributed by atoms with E-state index in [2.05, 4.69) is 0 Å². The van der Waals surface area contributed by atoms with E-state index in [4.69, 9.17) is 9.90 Å². The number of carbonyl (C=O) groups is 1. The Bertz CT molecular complexity index is 126. The van der Waals surface area contributed by atoms with Gasteiger partial charge in [0.15, 0.2) is 0 Å². The van der Waals surface area contributed by atoms with Crippen LogP contribution >= 0.6 is 0 Å². The summed E-state index contributed by atoms with van der Waals surface area (Å²) in [5.41, 5.74) is 0. The van der Waals surface area contributed by atoms with E-state index in [-0.39, 0.29) is 18.9 Å². The summed E-state index contributed by atoms with van der Waals surface area (Å²) in [6.45, 7) is 0. The maximum Gasteiger partial charge on any atom is 1.00 e. The van der Waals surface area contributed by atoms with Crippen LogP contribution in [-0.4, -0.2) is 18.3 Å². The number of aliphatic carboxylic acids is 1. The van der Waals surface area contributed by atoms with Crippen molar-refractivity contribution in [3.05, 3.63) is 0 Å². The zero-order valence-corrected chi connectivity index (χ0v) is 4.91. The minimum Gasteiger partial charge on any atom is -0.544 e. The molecule has 0 amide bonds. The second-order valence-electron chi connectivity index (χ2n) is 1.21. The van der Waals surface area contributed by atoms with Crippen LogP contribution in [0.3, 0.4) is 0 Å². The molecule has 0 aliphatic heterocycles. The fourth-order valence-electron chi connectivity index (χ4n) is 0.0891. The number of hydrogen-bond donors (Lipinski definition) is 0. The van der Waals surface area contributed by atoms with E-state index in [1.165, 1.54) is 0 Å². The number of halogens is 4. The van der Waals surface area contributed by atoms with Crippen LogP contribution in [-0.2, 0) is 4.79 Å². The number of carboxylic acids is 1. The molecule has 0 unspecified atom stereocenters. The van der Waals surface area contributed by atoms with E-state index in [0.717, 1.165) is 0 Å². The van der Waals surface area contributed by atoms with Crippen molar-refractivity contribution in [2.45, 2.75) is 12.3 Å². The molecule has 0 saturated carbocycles. The van der Waals surface area contributed by atoms with E-state index in [1.54, 1.807) is 0 Å². The first-order valence-electron chi connectivity index (χ1n) is 1.76. The first-order chi connectivity index (χ1) is 3.89. The fourth-order valence-corrected chi connectivity index (χ4v) is 0.0891. The minimum absolute atomic E-state index is 0. The molecule has 54 valence electrons. The van der Waals surface area contributed by atoms with Gasteiger partial charge in [0.1, 0.15) is 5.97 Å². The fraction of sp³-hybridized carbons (Fsp3) is 0.667. The van der Waals surface area contributed by atoms with Gasteiger partial charge in [0.05, 0.1) is 0 Å². The molecule has 0 aromatic carbocycles. The van der Waals surface area contributed by atoms with Crippen molar-refractivity contribution in [3.8, 4) is 0 Å². The molecular weight excluding hydrogens is 151 g/mol. The van der Waals surface area contributed by atoms with Gasteiger partial charge >= 0.3 is 31.2 Å². The molecule has 0 bridgehead atoms. The largest absolute Gasteiger partial charge is 1.00 e. The molecule has 0 aromatic heterocycles. The summed E-state index contributed by atoms with van der Waals surface area (Å²) in [5, 5.41) is 9.12. The summed E-state index contributed by atoms with van der Waals surface area (Å²) in [5.74, 6) is -8.09. The average Bonchev–Trinajstić information content (AvgIpc) is 1.65. The molecule has 2 nitrogen and oxygen atoms in total. The second kappa shape index (κ2) is 3.84. The van der Waals surface area contributed by atoms with Gasteiger partial charge in [0.2, 0.25) is 0 Å². The molecule has 0 radical (unpaired) electrons. The molecule has 0 N–H and O–H groups in total. The van der Waals surface area contributed by atoms with E-state index in [1.807, 2.05) is 0 Å². The Morgan fingerprint density at radius 3 is 1.70 bits per heavy atom. The summed E-state index contributed by atoms with van der Waals surface area (Å²) in [4.78, 5) is 9.12. The van der Waals surface area contributed by atoms with E-state index in [9.17, 15) is 17.6 Å². The molecule has 10 heavy (non-hydrogen) atoms. The molecule has 0 atom stereocenters. The predicted molar refractivity (Wildman–Crippen MR) is 16.0 cm³/mol. The molecule has 0 fully saturated rings. The quantitative estimate of drug-likeness (QED) is 0.306. The standard InChI is InChI=1S/C3H2F4O2.Li/c4-1(5)3(6,7)2(8)9;/h1H,(H,8,9);/q;+1/p-1. The van der Waals surface area contributed by atoms with Gasteiger partial charge in [-0.1, -0.05) is 0 Å². The molecule has 0 saturated heterocycles. The van der Waals surface area contributed by atoms with Gasteiger partial charge < -0.3 is 9.90 Å². The molecule has 0 aliphatic carbocycles. The topological polar surface area (TPSA) is 40.1 Å². The Labute approximate surface area is 65.4 Å². The van der Waals surface area contributed by atoms with Crippen LogP contribution in [0, 0.1) is 0 Å². The number of carbonyl (C=O) groups excluding carboxylic acids is 1. The van der Waals surface area contributed by atoms with Crippen LogP contribution in [0.4, 0.5) is 17.6 Å². The Balaban J connectivity index is 0.